The molecular weight excluding hydrogens is 424 g/mol. The van der Waals surface area contributed by atoms with Gasteiger partial charge in [-0.05, 0) is 72.2 Å². The van der Waals surface area contributed by atoms with Crippen LogP contribution in [0.2, 0.25) is 0 Å². The molecule has 0 unspecified atom stereocenters. The molecular formula is C25H36N2O4S. The van der Waals surface area contributed by atoms with E-state index in [1.807, 2.05) is 18.2 Å². The van der Waals surface area contributed by atoms with Crippen LogP contribution in [-0.2, 0) is 28.4 Å². The fourth-order valence-corrected chi connectivity index (χ4v) is 5.09. The summed E-state index contributed by atoms with van der Waals surface area (Å²) in [4.78, 5) is 2.67. The van der Waals surface area contributed by atoms with Crippen molar-refractivity contribution in [2.75, 3.05) is 33.9 Å². The van der Waals surface area contributed by atoms with E-state index in [4.69, 9.17) is 9.47 Å². The molecule has 1 heterocycles. The van der Waals surface area contributed by atoms with Gasteiger partial charge in [0.15, 0.2) is 11.5 Å². The van der Waals surface area contributed by atoms with Crippen molar-refractivity contribution >= 4 is 10.0 Å². The van der Waals surface area contributed by atoms with Crippen LogP contribution in [0.3, 0.4) is 0 Å². The van der Waals surface area contributed by atoms with Crippen LogP contribution in [0.25, 0.3) is 0 Å². The average molecular weight is 461 g/mol. The van der Waals surface area contributed by atoms with Gasteiger partial charge in [0.25, 0.3) is 0 Å². The van der Waals surface area contributed by atoms with Gasteiger partial charge in [0, 0.05) is 19.6 Å². The predicted octanol–water partition coefficient (Wildman–Crippen LogP) is 4.12. The smallest absolute Gasteiger partial charge is 0.240 e. The number of rotatable bonds is 10. The standard InChI is InChI=1S/C25H36N2O4S/c1-6-25(2,3)21-8-10-22(11-9-21)32(28,29)26-13-7-14-27-15-12-19-16-23(30-4)24(31-5)17-20(19)18-27/h8-11,16-17,26H,6-7,12-15,18H2,1-5H3. The lowest BCUT2D eigenvalue weighted by molar-refractivity contribution is 0.250. The van der Waals surface area contributed by atoms with Crippen LogP contribution < -0.4 is 14.2 Å². The molecule has 2 aromatic rings. The molecule has 0 fully saturated rings. The zero-order valence-electron chi connectivity index (χ0n) is 19.9. The van der Waals surface area contributed by atoms with E-state index in [9.17, 15) is 8.42 Å². The third kappa shape index (κ3) is 5.63. The van der Waals surface area contributed by atoms with Crippen LogP contribution in [0.15, 0.2) is 41.3 Å². The van der Waals surface area contributed by atoms with Gasteiger partial charge in [-0.2, -0.15) is 0 Å². The largest absolute Gasteiger partial charge is 0.493 e. The Kier molecular flexibility index (Phi) is 7.85. The van der Waals surface area contributed by atoms with Crippen molar-refractivity contribution in [3.63, 3.8) is 0 Å². The third-order valence-corrected chi connectivity index (χ3v) is 8.05. The van der Waals surface area contributed by atoms with Crippen molar-refractivity contribution in [3.8, 4) is 11.5 Å². The second-order valence-corrected chi connectivity index (χ2v) is 10.8. The fraction of sp³-hybridized carbons (Fsp3) is 0.520. The molecule has 1 aliphatic heterocycles. The summed E-state index contributed by atoms with van der Waals surface area (Å²) in [7, 11) is -0.195. The van der Waals surface area contributed by atoms with E-state index in [1.165, 1.54) is 11.1 Å². The number of nitrogens with zero attached hydrogens (tertiary/aromatic N) is 1. The quantitative estimate of drug-likeness (QED) is 0.540. The van der Waals surface area contributed by atoms with Crippen LogP contribution in [0.5, 0.6) is 11.5 Å². The summed E-state index contributed by atoms with van der Waals surface area (Å²) in [5.41, 5.74) is 3.72. The first-order chi connectivity index (χ1) is 15.2. The van der Waals surface area contributed by atoms with E-state index in [0.29, 0.717) is 11.4 Å². The van der Waals surface area contributed by atoms with Gasteiger partial charge in [0.2, 0.25) is 10.0 Å². The second-order valence-electron chi connectivity index (χ2n) is 9.02. The van der Waals surface area contributed by atoms with Crippen molar-refractivity contribution in [1.29, 1.82) is 0 Å². The van der Waals surface area contributed by atoms with Crippen molar-refractivity contribution in [3.05, 3.63) is 53.1 Å². The summed E-state index contributed by atoms with van der Waals surface area (Å²) >= 11 is 0. The van der Waals surface area contributed by atoms with Gasteiger partial charge >= 0.3 is 0 Å². The van der Waals surface area contributed by atoms with Gasteiger partial charge in [-0.1, -0.05) is 32.9 Å². The SMILES string of the molecule is CCC(C)(C)c1ccc(S(=O)(=O)NCCCN2CCc3cc(OC)c(OC)cc3C2)cc1. The molecule has 3 rings (SSSR count). The molecule has 0 aliphatic carbocycles. The lowest BCUT2D eigenvalue weighted by atomic mass is 9.82. The van der Waals surface area contributed by atoms with E-state index in [-0.39, 0.29) is 5.41 Å². The molecule has 176 valence electrons. The van der Waals surface area contributed by atoms with E-state index in [1.54, 1.807) is 26.4 Å². The topological polar surface area (TPSA) is 67.9 Å². The van der Waals surface area contributed by atoms with Crippen LogP contribution >= 0.6 is 0 Å². The minimum atomic E-state index is -3.50. The maximum atomic E-state index is 12.7. The molecule has 32 heavy (non-hydrogen) atoms. The maximum absolute atomic E-state index is 12.7. The molecule has 0 radical (unpaired) electrons. The molecule has 0 saturated heterocycles. The summed E-state index contributed by atoms with van der Waals surface area (Å²) in [6.07, 6.45) is 2.70. The van der Waals surface area contributed by atoms with Crippen molar-refractivity contribution < 1.29 is 17.9 Å². The molecule has 0 spiro atoms. The summed E-state index contributed by atoms with van der Waals surface area (Å²) in [5, 5.41) is 0. The van der Waals surface area contributed by atoms with Gasteiger partial charge in [-0.25, -0.2) is 13.1 Å². The number of methoxy groups -OCH3 is 2. The molecule has 1 aliphatic rings. The van der Waals surface area contributed by atoms with E-state index in [0.717, 1.165) is 56.0 Å². The zero-order valence-corrected chi connectivity index (χ0v) is 20.7. The lowest BCUT2D eigenvalue weighted by Crippen LogP contribution is -2.33. The normalized spacial score (nSPS) is 14.8. The van der Waals surface area contributed by atoms with Crippen LogP contribution in [0.4, 0.5) is 0 Å². The van der Waals surface area contributed by atoms with E-state index >= 15 is 0 Å². The van der Waals surface area contributed by atoms with E-state index < -0.39 is 10.0 Å². The molecule has 0 bridgehead atoms. The Hall–Kier alpha value is -2.09. The minimum absolute atomic E-state index is 0.0396. The summed E-state index contributed by atoms with van der Waals surface area (Å²) in [6.45, 7) is 9.50. The zero-order chi connectivity index (χ0) is 23.4. The third-order valence-electron chi connectivity index (χ3n) is 6.57. The maximum Gasteiger partial charge on any atom is 0.240 e. The molecule has 0 aromatic heterocycles. The predicted molar refractivity (Wildman–Crippen MR) is 128 cm³/mol. The first kappa shape index (κ1) is 24.6. The summed E-state index contributed by atoms with van der Waals surface area (Å²) < 4.78 is 38.9. The van der Waals surface area contributed by atoms with Gasteiger partial charge in [0.05, 0.1) is 19.1 Å². The van der Waals surface area contributed by atoms with E-state index in [2.05, 4.69) is 36.5 Å². The molecule has 2 aromatic carbocycles. The van der Waals surface area contributed by atoms with Gasteiger partial charge in [0.1, 0.15) is 0 Å². The van der Waals surface area contributed by atoms with Gasteiger partial charge < -0.3 is 9.47 Å². The fourth-order valence-electron chi connectivity index (χ4n) is 4.01. The second kappa shape index (κ2) is 10.2. The van der Waals surface area contributed by atoms with Crippen molar-refractivity contribution in [2.24, 2.45) is 0 Å². The first-order valence-electron chi connectivity index (χ1n) is 11.3. The Balaban J connectivity index is 1.52. The number of fused-ring (bicyclic) bond motifs is 1. The van der Waals surface area contributed by atoms with Crippen molar-refractivity contribution in [2.45, 2.75) is 56.9 Å². The summed E-state index contributed by atoms with van der Waals surface area (Å²) in [6, 6.07) is 11.4. The first-order valence-corrected chi connectivity index (χ1v) is 12.7. The monoisotopic (exact) mass is 460 g/mol. The molecule has 7 heteroatoms. The Labute approximate surface area is 193 Å². The number of hydrogen-bond acceptors (Lipinski definition) is 5. The number of benzene rings is 2. The summed E-state index contributed by atoms with van der Waals surface area (Å²) in [5.74, 6) is 1.51. The average Bonchev–Trinajstić information content (AvgIpc) is 2.80. The highest BCUT2D eigenvalue weighted by Gasteiger charge is 2.21. The van der Waals surface area contributed by atoms with Gasteiger partial charge in [-0.15, -0.1) is 0 Å². The molecule has 1 N–H and O–H groups in total. The Morgan fingerprint density at radius 2 is 1.66 bits per heavy atom. The molecule has 0 atom stereocenters. The molecule has 0 amide bonds. The minimum Gasteiger partial charge on any atom is -0.493 e. The molecule has 6 nitrogen and oxygen atoms in total. The van der Waals surface area contributed by atoms with Gasteiger partial charge in [-0.3, -0.25) is 4.90 Å². The number of sulfonamides is 1. The highest BCUT2D eigenvalue weighted by Crippen LogP contribution is 2.33. The van der Waals surface area contributed by atoms with Crippen LogP contribution in [0.1, 0.15) is 50.3 Å². The Bertz CT molecular complexity index is 1020. The number of hydrogen-bond donors (Lipinski definition) is 1. The highest BCUT2D eigenvalue weighted by atomic mass is 32.2. The van der Waals surface area contributed by atoms with Crippen LogP contribution in [0, 0.1) is 0 Å². The number of ether oxygens (including phenoxy) is 2. The molecule has 0 saturated carbocycles. The number of nitrogens with one attached hydrogen (secondary N) is 1. The lowest BCUT2D eigenvalue weighted by Gasteiger charge is -2.29. The highest BCUT2D eigenvalue weighted by molar-refractivity contribution is 7.89. The Morgan fingerprint density at radius 3 is 2.25 bits per heavy atom. The van der Waals surface area contributed by atoms with Crippen molar-refractivity contribution in [1.82, 2.24) is 9.62 Å². The van der Waals surface area contributed by atoms with Crippen LogP contribution in [-0.4, -0.2) is 47.2 Å². The Morgan fingerprint density at radius 1 is 1.03 bits per heavy atom.